The number of benzene rings is 1. The average molecular weight is 413 g/mol. The summed E-state index contributed by atoms with van der Waals surface area (Å²) in [6, 6.07) is 8.41. The number of piperidine rings is 1. The van der Waals surface area contributed by atoms with Crippen LogP contribution in [0, 0.1) is 5.92 Å². The monoisotopic (exact) mass is 411 g/mol. The van der Waals surface area contributed by atoms with Gasteiger partial charge in [0.2, 0.25) is 0 Å². The molecule has 0 aliphatic carbocycles. The zero-order valence-electron chi connectivity index (χ0n) is 12.7. The second-order valence-electron chi connectivity index (χ2n) is 5.54. The molecule has 1 aromatic heterocycles. The quantitative estimate of drug-likeness (QED) is 0.561. The van der Waals surface area contributed by atoms with Gasteiger partial charge in [0.05, 0.1) is 17.2 Å². The van der Waals surface area contributed by atoms with Crippen LogP contribution in [0.3, 0.4) is 0 Å². The largest absolute Gasteiger partial charge is 0.459 e. The highest BCUT2D eigenvalue weighted by atomic mass is 79.9. The first-order chi connectivity index (χ1) is 11.5. The van der Waals surface area contributed by atoms with Crippen LogP contribution in [0.4, 0.5) is 0 Å². The van der Waals surface area contributed by atoms with Crippen LogP contribution >= 0.6 is 27.5 Å². The molecule has 1 amide bonds. The molecule has 7 heteroatoms. The molecule has 1 aliphatic rings. The molecule has 126 valence electrons. The molecule has 2 aromatic rings. The molecule has 1 aromatic carbocycles. The molecule has 0 atom stereocenters. The lowest BCUT2D eigenvalue weighted by atomic mass is 9.97. The average Bonchev–Trinajstić information content (AvgIpc) is 3.11. The van der Waals surface area contributed by atoms with E-state index in [1.807, 2.05) is 0 Å². The topological polar surface area (TPSA) is 59.8 Å². The van der Waals surface area contributed by atoms with Crippen LogP contribution in [-0.4, -0.2) is 29.9 Å². The smallest absolute Gasteiger partial charge is 0.314 e. The maximum absolute atomic E-state index is 12.3. The number of halogens is 2. The second-order valence-corrected chi connectivity index (χ2v) is 6.86. The van der Waals surface area contributed by atoms with Crippen LogP contribution in [0.25, 0.3) is 0 Å². The predicted octanol–water partition coefficient (Wildman–Crippen LogP) is 4.15. The Morgan fingerprint density at radius 3 is 2.62 bits per heavy atom. The van der Waals surface area contributed by atoms with Crippen molar-refractivity contribution in [3.05, 3.63) is 51.9 Å². The van der Waals surface area contributed by atoms with Crippen molar-refractivity contribution in [3.8, 4) is 5.75 Å². The predicted molar refractivity (Wildman–Crippen MR) is 92.1 cm³/mol. The number of carbonyl (C=O) groups is 2. The zero-order valence-corrected chi connectivity index (χ0v) is 15.0. The van der Waals surface area contributed by atoms with Gasteiger partial charge in [0.15, 0.2) is 5.76 Å². The van der Waals surface area contributed by atoms with E-state index in [2.05, 4.69) is 15.9 Å². The van der Waals surface area contributed by atoms with Crippen molar-refractivity contribution in [3.63, 3.8) is 0 Å². The van der Waals surface area contributed by atoms with Gasteiger partial charge >= 0.3 is 5.97 Å². The molecule has 2 heterocycles. The third-order valence-corrected chi connectivity index (χ3v) is 4.74. The number of hydrogen-bond donors (Lipinski definition) is 0. The van der Waals surface area contributed by atoms with Gasteiger partial charge in [-0.25, -0.2) is 0 Å². The first-order valence-electron chi connectivity index (χ1n) is 7.54. The number of likely N-dealkylation sites (tertiary alicyclic amines) is 1. The Balaban J connectivity index is 1.56. The minimum atomic E-state index is -0.315. The summed E-state index contributed by atoms with van der Waals surface area (Å²) in [6.07, 6.45) is 2.58. The molecule has 1 aliphatic heterocycles. The van der Waals surface area contributed by atoms with E-state index < -0.39 is 0 Å². The van der Waals surface area contributed by atoms with Crippen LogP contribution < -0.4 is 4.74 Å². The van der Waals surface area contributed by atoms with Crippen LogP contribution in [0.1, 0.15) is 23.4 Å². The van der Waals surface area contributed by atoms with Crippen molar-refractivity contribution in [2.75, 3.05) is 13.1 Å². The summed E-state index contributed by atoms with van der Waals surface area (Å²) in [5.74, 6) is -0.0471. The molecule has 0 bridgehead atoms. The van der Waals surface area contributed by atoms with Gasteiger partial charge in [0.1, 0.15) is 5.75 Å². The van der Waals surface area contributed by atoms with E-state index in [0.29, 0.717) is 42.5 Å². The Hall–Kier alpha value is -1.79. The van der Waals surface area contributed by atoms with E-state index in [0.717, 1.165) is 4.47 Å². The summed E-state index contributed by atoms with van der Waals surface area (Å²) in [4.78, 5) is 26.2. The Bertz CT molecular complexity index is 739. The molecule has 0 N–H and O–H groups in total. The molecule has 0 spiro atoms. The van der Waals surface area contributed by atoms with Gasteiger partial charge < -0.3 is 14.1 Å². The normalized spacial score (nSPS) is 15.3. The van der Waals surface area contributed by atoms with E-state index in [1.165, 1.54) is 6.26 Å². The van der Waals surface area contributed by atoms with E-state index in [9.17, 15) is 9.59 Å². The molecule has 1 fully saturated rings. The molecule has 24 heavy (non-hydrogen) atoms. The van der Waals surface area contributed by atoms with Crippen molar-refractivity contribution in [2.45, 2.75) is 12.8 Å². The molecule has 0 saturated carbocycles. The fraction of sp³-hybridized carbons (Fsp3) is 0.294. The maximum atomic E-state index is 12.3. The third kappa shape index (κ3) is 3.82. The fourth-order valence-electron chi connectivity index (χ4n) is 2.62. The summed E-state index contributed by atoms with van der Waals surface area (Å²) < 4.78 is 11.3. The van der Waals surface area contributed by atoms with E-state index in [1.54, 1.807) is 35.2 Å². The van der Waals surface area contributed by atoms with Gasteiger partial charge in [-0.05, 0) is 43.2 Å². The lowest BCUT2D eigenvalue weighted by Gasteiger charge is -2.30. The number of hydrogen-bond acceptors (Lipinski definition) is 4. The van der Waals surface area contributed by atoms with E-state index in [-0.39, 0.29) is 17.8 Å². The van der Waals surface area contributed by atoms with Gasteiger partial charge in [0, 0.05) is 17.6 Å². The number of furan rings is 1. The highest BCUT2D eigenvalue weighted by molar-refractivity contribution is 9.10. The molecule has 0 unspecified atom stereocenters. The van der Waals surface area contributed by atoms with Crippen LogP contribution in [0.15, 0.2) is 45.5 Å². The van der Waals surface area contributed by atoms with Crippen molar-refractivity contribution >= 4 is 39.4 Å². The molecule has 3 rings (SSSR count). The van der Waals surface area contributed by atoms with Gasteiger partial charge in [-0.1, -0.05) is 27.5 Å². The summed E-state index contributed by atoms with van der Waals surface area (Å²) in [5, 5.41) is 0.378. The first kappa shape index (κ1) is 17.0. The number of nitrogens with zero attached hydrogens (tertiary/aromatic N) is 1. The lowest BCUT2D eigenvalue weighted by Crippen LogP contribution is -2.41. The fourth-order valence-corrected chi connectivity index (χ4v) is 3.34. The number of ether oxygens (including phenoxy) is 1. The van der Waals surface area contributed by atoms with Crippen LogP contribution in [-0.2, 0) is 4.79 Å². The molecule has 0 radical (unpaired) electrons. The van der Waals surface area contributed by atoms with Gasteiger partial charge in [-0.3, -0.25) is 9.59 Å². The standard InChI is InChI=1S/C17H15BrClNO4/c18-12-3-4-14(13(19)10-12)24-17(22)11-5-7-20(8-6-11)16(21)15-2-1-9-23-15/h1-4,9-11H,5-8H2. The summed E-state index contributed by atoms with van der Waals surface area (Å²) in [6.45, 7) is 0.987. The number of esters is 1. The SMILES string of the molecule is O=C(Oc1ccc(Br)cc1Cl)C1CCN(C(=O)c2ccco2)CC1. The van der Waals surface area contributed by atoms with Crippen molar-refractivity contribution in [1.82, 2.24) is 4.90 Å². The Morgan fingerprint density at radius 2 is 2.00 bits per heavy atom. The molecule has 1 saturated heterocycles. The highest BCUT2D eigenvalue weighted by Gasteiger charge is 2.30. The number of carbonyl (C=O) groups excluding carboxylic acids is 2. The van der Waals surface area contributed by atoms with Crippen LogP contribution in [0.5, 0.6) is 5.75 Å². The van der Waals surface area contributed by atoms with E-state index >= 15 is 0 Å². The Labute approximate surface area is 152 Å². The zero-order chi connectivity index (χ0) is 17.1. The molecular formula is C17H15BrClNO4. The Morgan fingerprint density at radius 1 is 1.25 bits per heavy atom. The minimum Gasteiger partial charge on any atom is -0.459 e. The summed E-state index contributed by atoms with van der Waals surface area (Å²) in [7, 11) is 0. The van der Waals surface area contributed by atoms with Gasteiger partial charge in [0.25, 0.3) is 5.91 Å². The summed E-state index contributed by atoms with van der Waals surface area (Å²) >= 11 is 9.37. The highest BCUT2D eigenvalue weighted by Crippen LogP contribution is 2.29. The number of amides is 1. The second kappa shape index (κ2) is 7.40. The molecule has 5 nitrogen and oxygen atoms in total. The van der Waals surface area contributed by atoms with Gasteiger partial charge in [-0.2, -0.15) is 0 Å². The minimum absolute atomic E-state index is 0.150. The van der Waals surface area contributed by atoms with Crippen molar-refractivity contribution in [1.29, 1.82) is 0 Å². The van der Waals surface area contributed by atoms with Crippen molar-refractivity contribution in [2.24, 2.45) is 5.92 Å². The lowest BCUT2D eigenvalue weighted by molar-refractivity contribution is -0.140. The Kier molecular flexibility index (Phi) is 5.26. The first-order valence-corrected chi connectivity index (χ1v) is 8.71. The van der Waals surface area contributed by atoms with Crippen LogP contribution in [0.2, 0.25) is 5.02 Å². The maximum Gasteiger partial charge on any atom is 0.314 e. The third-order valence-electron chi connectivity index (χ3n) is 3.95. The van der Waals surface area contributed by atoms with Crippen molar-refractivity contribution < 1.29 is 18.7 Å². The molecular weight excluding hydrogens is 398 g/mol. The number of rotatable bonds is 3. The van der Waals surface area contributed by atoms with Gasteiger partial charge in [-0.15, -0.1) is 0 Å². The summed E-state index contributed by atoms with van der Waals surface area (Å²) in [5.41, 5.74) is 0. The van der Waals surface area contributed by atoms with E-state index in [4.69, 9.17) is 20.8 Å².